The molecule has 0 saturated heterocycles. The summed E-state index contributed by atoms with van der Waals surface area (Å²) in [5.41, 5.74) is 2.04. The molecule has 0 aliphatic carbocycles. The molecule has 37 heavy (non-hydrogen) atoms. The first kappa shape index (κ1) is 24.7. The van der Waals surface area contributed by atoms with Crippen molar-refractivity contribution < 1.29 is 17.9 Å². The van der Waals surface area contributed by atoms with Crippen molar-refractivity contribution in [3.63, 3.8) is 0 Å². The van der Waals surface area contributed by atoms with E-state index in [2.05, 4.69) is 25.0 Å². The van der Waals surface area contributed by atoms with E-state index in [9.17, 15) is 13.2 Å². The zero-order chi connectivity index (χ0) is 26.3. The summed E-state index contributed by atoms with van der Waals surface area (Å²) < 4.78 is 48.2. The summed E-state index contributed by atoms with van der Waals surface area (Å²) in [6.07, 6.45) is -0.363. The van der Waals surface area contributed by atoms with Gasteiger partial charge in [0, 0.05) is 31.0 Å². The van der Waals surface area contributed by atoms with Gasteiger partial charge in [-0.05, 0) is 31.5 Å². The number of fused-ring (bicyclic) bond motifs is 1. The van der Waals surface area contributed by atoms with Crippen molar-refractivity contribution in [2.24, 2.45) is 7.05 Å². The maximum atomic E-state index is 13.0. The summed E-state index contributed by atoms with van der Waals surface area (Å²) in [4.78, 5) is 17.3. The molecule has 5 rings (SSSR count). The molecular formula is C25H21ClF3N7O. The van der Waals surface area contributed by atoms with Crippen LogP contribution in [-0.2, 0) is 19.8 Å². The molecule has 8 nitrogen and oxygen atoms in total. The minimum absolute atomic E-state index is 0.0320. The number of ether oxygens (including phenoxy) is 1. The van der Waals surface area contributed by atoms with E-state index in [0.29, 0.717) is 33.1 Å². The molecule has 0 fully saturated rings. The van der Waals surface area contributed by atoms with Gasteiger partial charge in [-0.3, -0.25) is 4.68 Å². The Balaban J connectivity index is 1.43. The van der Waals surface area contributed by atoms with E-state index in [0.717, 1.165) is 11.8 Å². The van der Waals surface area contributed by atoms with Crippen LogP contribution < -0.4 is 4.74 Å². The number of aromatic nitrogens is 7. The van der Waals surface area contributed by atoms with Crippen LogP contribution in [-0.4, -0.2) is 34.3 Å². The molecule has 0 unspecified atom stereocenters. The van der Waals surface area contributed by atoms with Crippen molar-refractivity contribution in [1.29, 1.82) is 0 Å². The van der Waals surface area contributed by atoms with E-state index in [1.54, 1.807) is 53.5 Å². The van der Waals surface area contributed by atoms with E-state index in [1.165, 1.54) is 11.6 Å². The van der Waals surface area contributed by atoms with Crippen LogP contribution in [0.1, 0.15) is 31.1 Å². The van der Waals surface area contributed by atoms with E-state index >= 15 is 0 Å². The van der Waals surface area contributed by atoms with Gasteiger partial charge in [-0.2, -0.15) is 23.3 Å². The Kier molecular flexibility index (Phi) is 6.32. The molecule has 0 amide bonds. The van der Waals surface area contributed by atoms with Crippen LogP contribution in [0.5, 0.6) is 5.88 Å². The molecule has 5 aromatic rings. The number of halogens is 4. The molecule has 0 aliphatic heterocycles. The van der Waals surface area contributed by atoms with Crippen LogP contribution in [0.3, 0.4) is 0 Å². The first-order valence-electron chi connectivity index (χ1n) is 11.3. The van der Waals surface area contributed by atoms with Crippen molar-refractivity contribution in [3.8, 4) is 28.8 Å². The van der Waals surface area contributed by atoms with E-state index in [1.807, 2.05) is 13.8 Å². The minimum Gasteiger partial charge on any atom is -0.471 e. The van der Waals surface area contributed by atoms with Crippen LogP contribution >= 0.6 is 11.6 Å². The van der Waals surface area contributed by atoms with E-state index < -0.39 is 11.9 Å². The fourth-order valence-corrected chi connectivity index (χ4v) is 4.08. The third kappa shape index (κ3) is 4.86. The van der Waals surface area contributed by atoms with Gasteiger partial charge in [0.05, 0.1) is 16.7 Å². The van der Waals surface area contributed by atoms with Gasteiger partial charge in [0.2, 0.25) is 5.88 Å². The van der Waals surface area contributed by atoms with Gasteiger partial charge in [-0.25, -0.2) is 15.0 Å². The highest BCUT2D eigenvalue weighted by Crippen LogP contribution is 2.32. The number of hydrogen-bond donors (Lipinski definition) is 0. The summed E-state index contributed by atoms with van der Waals surface area (Å²) in [5.74, 6) is 0.850. The molecule has 0 radical (unpaired) electrons. The molecule has 0 aliphatic rings. The first-order chi connectivity index (χ1) is 17.6. The Bertz CT molecular complexity index is 1580. The van der Waals surface area contributed by atoms with E-state index in [4.69, 9.17) is 16.3 Å². The standard InChI is InChI=1S/C25H21ClF3N7O/c1-14(2)36-21(17(26)11-31-36)22-32-18-5-4-10-30-20(18)24(34-22)37-13-15-6-8-16(9-7-15)23-33-19(12-35(23)3)25(27,28)29/h4-12,14H,13H2,1-3H3. The zero-order valence-corrected chi connectivity index (χ0v) is 20.8. The van der Waals surface area contributed by atoms with Crippen molar-refractivity contribution in [2.75, 3.05) is 0 Å². The maximum absolute atomic E-state index is 13.0. The van der Waals surface area contributed by atoms with Crippen LogP contribution in [0.15, 0.2) is 55.0 Å². The van der Waals surface area contributed by atoms with Crippen molar-refractivity contribution in [2.45, 2.75) is 32.7 Å². The predicted molar refractivity (Wildman–Crippen MR) is 132 cm³/mol. The number of benzene rings is 1. The average molecular weight is 528 g/mol. The molecular weight excluding hydrogens is 507 g/mol. The molecule has 0 saturated carbocycles. The van der Waals surface area contributed by atoms with Gasteiger partial charge in [0.25, 0.3) is 0 Å². The molecule has 0 N–H and O–H groups in total. The second-order valence-electron chi connectivity index (χ2n) is 8.65. The summed E-state index contributed by atoms with van der Waals surface area (Å²) >= 11 is 6.41. The molecule has 190 valence electrons. The molecule has 0 bridgehead atoms. The SMILES string of the molecule is CC(C)n1ncc(Cl)c1-c1nc(OCc2ccc(-c3nc(C(F)(F)F)cn3C)cc2)c2ncccc2n1. The lowest BCUT2D eigenvalue weighted by Gasteiger charge is -2.13. The van der Waals surface area contributed by atoms with Crippen molar-refractivity contribution in [3.05, 3.63) is 71.3 Å². The lowest BCUT2D eigenvalue weighted by molar-refractivity contribution is -0.140. The van der Waals surface area contributed by atoms with Gasteiger partial charge in [0.1, 0.15) is 18.1 Å². The van der Waals surface area contributed by atoms with Crippen LogP contribution in [0.4, 0.5) is 13.2 Å². The number of aryl methyl sites for hydroxylation is 1. The van der Waals surface area contributed by atoms with Gasteiger partial charge >= 0.3 is 6.18 Å². The highest BCUT2D eigenvalue weighted by molar-refractivity contribution is 6.32. The summed E-state index contributed by atoms with van der Waals surface area (Å²) in [6, 6.07) is 10.5. The number of pyridine rings is 1. The largest absolute Gasteiger partial charge is 0.471 e. The van der Waals surface area contributed by atoms with Crippen molar-refractivity contribution >= 4 is 22.6 Å². The third-order valence-electron chi connectivity index (χ3n) is 5.63. The second-order valence-corrected chi connectivity index (χ2v) is 9.05. The predicted octanol–water partition coefficient (Wildman–Crippen LogP) is 6.12. The molecule has 4 aromatic heterocycles. The highest BCUT2D eigenvalue weighted by atomic mass is 35.5. The average Bonchev–Trinajstić information content (AvgIpc) is 3.45. The molecule has 4 heterocycles. The van der Waals surface area contributed by atoms with Crippen LogP contribution in [0.25, 0.3) is 33.9 Å². The fraction of sp³-hybridized carbons (Fsp3) is 0.240. The van der Waals surface area contributed by atoms with Gasteiger partial charge in [-0.1, -0.05) is 35.9 Å². The van der Waals surface area contributed by atoms with Crippen LogP contribution in [0, 0.1) is 0 Å². The topological polar surface area (TPSA) is 83.5 Å². The monoisotopic (exact) mass is 527 g/mol. The molecule has 12 heteroatoms. The Morgan fingerprint density at radius 3 is 2.49 bits per heavy atom. The van der Waals surface area contributed by atoms with Gasteiger partial charge < -0.3 is 9.30 Å². The highest BCUT2D eigenvalue weighted by Gasteiger charge is 2.34. The maximum Gasteiger partial charge on any atom is 0.434 e. The number of rotatable bonds is 6. The third-order valence-corrected chi connectivity index (χ3v) is 5.91. The number of alkyl halides is 3. The molecule has 0 spiro atoms. The number of nitrogens with zero attached hydrogens (tertiary/aromatic N) is 7. The lowest BCUT2D eigenvalue weighted by atomic mass is 10.1. The number of imidazole rings is 1. The van der Waals surface area contributed by atoms with Crippen LogP contribution in [0.2, 0.25) is 5.02 Å². The summed E-state index contributed by atoms with van der Waals surface area (Å²) in [7, 11) is 1.52. The Hall–Kier alpha value is -3.99. The normalized spacial score (nSPS) is 12.0. The smallest absolute Gasteiger partial charge is 0.434 e. The second kappa shape index (κ2) is 9.47. The Morgan fingerprint density at radius 2 is 1.81 bits per heavy atom. The van der Waals surface area contributed by atoms with E-state index in [-0.39, 0.29) is 24.4 Å². The first-order valence-corrected chi connectivity index (χ1v) is 11.7. The quantitative estimate of drug-likeness (QED) is 0.264. The fourth-order valence-electron chi connectivity index (χ4n) is 3.86. The lowest BCUT2D eigenvalue weighted by Crippen LogP contribution is -2.08. The molecule has 1 aromatic carbocycles. The number of hydrogen-bond acceptors (Lipinski definition) is 6. The Labute approximate surface area is 214 Å². The summed E-state index contributed by atoms with van der Waals surface area (Å²) in [6.45, 7) is 4.10. The Morgan fingerprint density at radius 1 is 1.05 bits per heavy atom. The van der Waals surface area contributed by atoms with Gasteiger partial charge in [-0.15, -0.1) is 0 Å². The zero-order valence-electron chi connectivity index (χ0n) is 20.0. The summed E-state index contributed by atoms with van der Waals surface area (Å²) in [5, 5.41) is 4.75. The van der Waals surface area contributed by atoms with Crippen molar-refractivity contribution in [1.82, 2.24) is 34.3 Å². The minimum atomic E-state index is -4.51. The van der Waals surface area contributed by atoms with Gasteiger partial charge in [0.15, 0.2) is 17.0 Å². The molecule has 0 atom stereocenters.